The number of nitrogens with two attached hydrogens (primary N) is 1. The van der Waals surface area contributed by atoms with Gasteiger partial charge in [0.2, 0.25) is 5.89 Å². The lowest BCUT2D eigenvalue weighted by Crippen LogP contribution is -2.13. The van der Waals surface area contributed by atoms with Crippen molar-refractivity contribution in [1.29, 1.82) is 0 Å². The van der Waals surface area contributed by atoms with Gasteiger partial charge in [0.15, 0.2) is 5.82 Å². The Balaban J connectivity index is 2.01. The molecule has 102 valence electrons. The highest BCUT2D eigenvalue weighted by molar-refractivity contribution is 6.30. The summed E-state index contributed by atoms with van der Waals surface area (Å²) >= 11 is 5.93. The Bertz CT molecular complexity index is 530. The summed E-state index contributed by atoms with van der Waals surface area (Å²) in [6.07, 6.45) is 1.22. The molecular weight excluding hydrogens is 266 g/mol. The van der Waals surface area contributed by atoms with Crippen molar-refractivity contribution in [2.24, 2.45) is 5.73 Å². The summed E-state index contributed by atoms with van der Waals surface area (Å²) in [5.41, 5.74) is 6.95. The van der Waals surface area contributed by atoms with E-state index < -0.39 is 0 Å². The quantitative estimate of drug-likeness (QED) is 0.880. The number of halogens is 1. The van der Waals surface area contributed by atoms with Crippen LogP contribution in [0.25, 0.3) is 0 Å². The number of aromatic nitrogens is 2. The van der Waals surface area contributed by atoms with Gasteiger partial charge in [-0.2, -0.15) is 4.98 Å². The zero-order chi connectivity index (χ0) is 13.7. The van der Waals surface area contributed by atoms with E-state index in [0.29, 0.717) is 36.2 Å². The van der Waals surface area contributed by atoms with E-state index in [0.717, 1.165) is 5.56 Å². The van der Waals surface area contributed by atoms with Crippen LogP contribution in [-0.4, -0.2) is 23.9 Å². The van der Waals surface area contributed by atoms with Crippen molar-refractivity contribution in [2.45, 2.75) is 18.9 Å². The molecule has 0 spiro atoms. The molecule has 1 heterocycles. The first-order valence-electron chi connectivity index (χ1n) is 6.00. The van der Waals surface area contributed by atoms with Crippen LogP contribution in [0.1, 0.15) is 29.7 Å². The fraction of sp³-hybridized carbons (Fsp3) is 0.385. The zero-order valence-corrected chi connectivity index (χ0v) is 11.4. The van der Waals surface area contributed by atoms with Gasteiger partial charge in [-0.3, -0.25) is 0 Å². The number of hydrogen-bond donors (Lipinski definition) is 1. The van der Waals surface area contributed by atoms with Crippen LogP contribution in [0.2, 0.25) is 5.02 Å². The maximum atomic E-state index is 5.93. The third-order valence-corrected chi connectivity index (χ3v) is 2.92. The minimum atomic E-state index is -0.291. The maximum Gasteiger partial charge on any atom is 0.243 e. The van der Waals surface area contributed by atoms with Gasteiger partial charge in [0.05, 0.1) is 6.04 Å². The Morgan fingerprint density at radius 2 is 2.32 bits per heavy atom. The number of benzene rings is 1. The lowest BCUT2D eigenvalue weighted by atomic mass is 10.1. The molecule has 0 radical (unpaired) electrons. The summed E-state index contributed by atoms with van der Waals surface area (Å²) in [5.74, 6) is 1.04. The zero-order valence-electron chi connectivity index (χ0n) is 10.7. The number of nitrogens with zero attached hydrogens (tertiary/aromatic N) is 2. The van der Waals surface area contributed by atoms with Crippen LogP contribution >= 0.6 is 11.6 Å². The van der Waals surface area contributed by atoms with Crippen molar-refractivity contribution in [3.8, 4) is 0 Å². The first kappa shape index (κ1) is 14.0. The Labute approximate surface area is 116 Å². The highest BCUT2D eigenvalue weighted by atomic mass is 35.5. The summed E-state index contributed by atoms with van der Waals surface area (Å²) < 4.78 is 10.1. The predicted octanol–water partition coefficient (Wildman–Crippen LogP) is 2.35. The Kier molecular flexibility index (Phi) is 4.90. The first-order valence-corrected chi connectivity index (χ1v) is 6.38. The lowest BCUT2D eigenvalue weighted by Gasteiger charge is -2.04. The van der Waals surface area contributed by atoms with Gasteiger partial charge in [-0.1, -0.05) is 28.9 Å². The smallest absolute Gasteiger partial charge is 0.243 e. The number of ether oxygens (including phenoxy) is 1. The minimum absolute atomic E-state index is 0.291. The van der Waals surface area contributed by atoms with Crippen molar-refractivity contribution in [3.63, 3.8) is 0 Å². The van der Waals surface area contributed by atoms with E-state index in [-0.39, 0.29) is 6.04 Å². The predicted molar refractivity (Wildman–Crippen MR) is 72.0 cm³/mol. The van der Waals surface area contributed by atoms with E-state index in [9.17, 15) is 0 Å². The summed E-state index contributed by atoms with van der Waals surface area (Å²) in [7, 11) is 1.63. The van der Waals surface area contributed by atoms with Gasteiger partial charge in [-0.25, -0.2) is 0 Å². The largest absolute Gasteiger partial charge is 0.385 e. The fourth-order valence-electron chi connectivity index (χ4n) is 1.69. The summed E-state index contributed by atoms with van der Waals surface area (Å²) in [5, 5.41) is 4.61. The molecule has 2 aromatic rings. The van der Waals surface area contributed by atoms with Crippen molar-refractivity contribution in [3.05, 3.63) is 46.6 Å². The van der Waals surface area contributed by atoms with Crippen LogP contribution in [0.4, 0.5) is 0 Å². The van der Waals surface area contributed by atoms with Crippen LogP contribution in [0.5, 0.6) is 0 Å². The van der Waals surface area contributed by atoms with Crippen LogP contribution in [0.15, 0.2) is 28.8 Å². The molecule has 0 fully saturated rings. The van der Waals surface area contributed by atoms with Crippen LogP contribution < -0.4 is 5.73 Å². The molecule has 1 aromatic carbocycles. The van der Waals surface area contributed by atoms with Crippen LogP contribution in [0, 0.1) is 0 Å². The third-order valence-electron chi connectivity index (χ3n) is 2.69. The summed E-state index contributed by atoms with van der Waals surface area (Å²) in [4.78, 5) is 4.29. The highest BCUT2D eigenvalue weighted by Crippen LogP contribution is 2.16. The molecule has 1 unspecified atom stereocenters. The van der Waals surface area contributed by atoms with E-state index in [4.69, 9.17) is 26.6 Å². The number of hydrogen-bond acceptors (Lipinski definition) is 5. The second-order valence-electron chi connectivity index (χ2n) is 4.24. The van der Waals surface area contributed by atoms with Gasteiger partial charge >= 0.3 is 0 Å². The van der Waals surface area contributed by atoms with Crippen molar-refractivity contribution < 1.29 is 9.26 Å². The van der Waals surface area contributed by atoms with Gasteiger partial charge in [0.1, 0.15) is 0 Å². The second-order valence-corrected chi connectivity index (χ2v) is 4.68. The van der Waals surface area contributed by atoms with Gasteiger partial charge in [-0.05, 0) is 24.1 Å². The van der Waals surface area contributed by atoms with E-state index in [2.05, 4.69) is 10.1 Å². The molecule has 0 aliphatic heterocycles. The summed E-state index contributed by atoms with van der Waals surface area (Å²) in [6.45, 7) is 0.563. The number of rotatable bonds is 6. The molecule has 0 aliphatic rings. The molecule has 1 atom stereocenters. The van der Waals surface area contributed by atoms with Crippen molar-refractivity contribution in [2.75, 3.05) is 13.7 Å². The molecule has 0 amide bonds. The monoisotopic (exact) mass is 281 g/mol. The van der Waals surface area contributed by atoms with Crippen molar-refractivity contribution >= 4 is 11.6 Å². The molecule has 0 bridgehead atoms. The van der Waals surface area contributed by atoms with Gasteiger partial charge < -0.3 is 15.0 Å². The SMILES string of the molecule is COCCC(N)c1nc(Cc2cccc(Cl)c2)no1. The van der Waals surface area contributed by atoms with Gasteiger partial charge in [0, 0.05) is 25.2 Å². The van der Waals surface area contributed by atoms with E-state index in [1.165, 1.54) is 0 Å². The molecule has 0 saturated carbocycles. The first-order chi connectivity index (χ1) is 9.19. The molecule has 19 heavy (non-hydrogen) atoms. The standard InChI is InChI=1S/C13H16ClN3O2/c1-18-6-5-11(15)13-16-12(17-19-13)8-9-3-2-4-10(14)7-9/h2-4,7,11H,5-6,8,15H2,1H3. The summed E-state index contributed by atoms with van der Waals surface area (Å²) in [6, 6.07) is 7.27. The third kappa shape index (κ3) is 4.02. The van der Waals surface area contributed by atoms with Gasteiger partial charge in [0.25, 0.3) is 0 Å². The molecule has 1 aromatic heterocycles. The van der Waals surface area contributed by atoms with Crippen LogP contribution in [0.3, 0.4) is 0 Å². The molecule has 2 rings (SSSR count). The normalized spacial score (nSPS) is 12.6. The molecule has 0 aliphatic carbocycles. The Morgan fingerprint density at radius 1 is 1.47 bits per heavy atom. The van der Waals surface area contributed by atoms with Gasteiger partial charge in [-0.15, -0.1) is 0 Å². The average molecular weight is 282 g/mol. The van der Waals surface area contributed by atoms with E-state index in [1.807, 2.05) is 24.3 Å². The lowest BCUT2D eigenvalue weighted by molar-refractivity contribution is 0.182. The molecule has 5 nitrogen and oxygen atoms in total. The van der Waals surface area contributed by atoms with Crippen LogP contribution in [-0.2, 0) is 11.2 Å². The van der Waals surface area contributed by atoms with Crippen molar-refractivity contribution in [1.82, 2.24) is 10.1 Å². The Morgan fingerprint density at radius 3 is 3.05 bits per heavy atom. The maximum absolute atomic E-state index is 5.93. The molecular formula is C13H16ClN3O2. The fourth-order valence-corrected chi connectivity index (χ4v) is 1.90. The Hall–Kier alpha value is -1.43. The molecule has 6 heteroatoms. The molecule has 0 saturated heterocycles. The highest BCUT2D eigenvalue weighted by Gasteiger charge is 2.14. The number of methoxy groups -OCH3 is 1. The van der Waals surface area contributed by atoms with E-state index >= 15 is 0 Å². The molecule has 2 N–H and O–H groups in total. The minimum Gasteiger partial charge on any atom is -0.385 e. The second kappa shape index (κ2) is 6.65. The topological polar surface area (TPSA) is 74.2 Å². The van der Waals surface area contributed by atoms with E-state index in [1.54, 1.807) is 7.11 Å². The average Bonchev–Trinajstić information content (AvgIpc) is 2.84.